The Morgan fingerprint density at radius 3 is 2.47 bits per heavy atom. The lowest BCUT2D eigenvalue weighted by Crippen LogP contribution is -2.21. The molecule has 5 nitrogen and oxygen atoms in total. The summed E-state index contributed by atoms with van der Waals surface area (Å²) in [7, 11) is 7.01. The third-order valence-corrected chi connectivity index (χ3v) is 4.17. The minimum atomic E-state index is -0.0871. The highest BCUT2D eigenvalue weighted by molar-refractivity contribution is 7.19. The fraction of sp³-hybridized carbons (Fsp3) is 0.615. The van der Waals surface area contributed by atoms with E-state index in [4.69, 9.17) is 10.5 Å². The first kappa shape index (κ1) is 15.6. The van der Waals surface area contributed by atoms with Crippen LogP contribution in [-0.4, -0.2) is 45.6 Å². The molecule has 0 radical (unpaired) electrons. The van der Waals surface area contributed by atoms with Crippen LogP contribution in [0.5, 0.6) is 5.75 Å². The number of nitrogens with two attached hydrogens (primary N) is 1. The molecular weight excluding hydrogens is 262 g/mol. The second-order valence-corrected chi connectivity index (χ2v) is 5.66. The van der Waals surface area contributed by atoms with Crippen LogP contribution in [0.15, 0.2) is 0 Å². The van der Waals surface area contributed by atoms with Gasteiger partial charge in [0.25, 0.3) is 5.91 Å². The smallest absolute Gasteiger partial charge is 0.265 e. The average Bonchev–Trinajstić information content (AvgIpc) is 2.71. The average molecular weight is 285 g/mol. The number of hydrogen-bond donors (Lipinski definition) is 1. The van der Waals surface area contributed by atoms with Crippen LogP contribution in [0, 0.1) is 0 Å². The summed E-state index contributed by atoms with van der Waals surface area (Å²) in [6, 6.07) is 0. The van der Waals surface area contributed by atoms with E-state index in [1.807, 2.05) is 7.05 Å². The van der Waals surface area contributed by atoms with E-state index in [0.29, 0.717) is 16.3 Å². The van der Waals surface area contributed by atoms with Crippen molar-refractivity contribution in [1.29, 1.82) is 0 Å². The first-order chi connectivity index (χ1) is 8.93. The Labute approximate surface area is 118 Å². The van der Waals surface area contributed by atoms with Crippen LogP contribution in [0.3, 0.4) is 0 Å². The zero-order valence-corrected chi connectivity index (χ0v) is 13.1. The molecule has 19 heavy (non-hydrogen) atoms. The summed E-state index contributed by atoms with van der Waals surface area (Å²) in [5, 5.41) is 0.915. The van der Waals surface area contributed by atoms with E-state index < -0.39 is 0 Å². The van der Waals surface area contributed by atoms with Gasteiger partial charge in [-0.15, -0.1) is 11.3 Å². The number of nitrogen functional groups attached to an aromatic ring is 1. The van der Waals surface area contributed by atoms with Gasteiger partial charge in [0.05, 0.1) is 7.11 Å². The number of anilines is 2. The third-order valence-electron chi connectivity index (χ3n) is 2.88. The number of thiophene rings is 1. The molecule has 0 atom stereocenters. The molecule has 0 aromatic carbocycles. The molecule has 1 aromatic rings. The molecule has 1 rings (SSSR count). The number of methoxy groups -OCH3 is 1. The van der Waals surface area contributed by atoms with Crippen LogP contribution >= 0.6 is 11.3 Å². The van der Waals surface area contributed by atoms with E-state index in [-0.39, 0.29) is 5.91 Å². The first-order valence-electron chi connectivity index (χ1n) is 6.33. The zero-order valence-electron chi connectivity index (χ0n) is 12.3. The van der Waals surface area contributed by atoms with Gasteiger partial charge in [0, 0.05) is 27.7 Å². The Morgan fingerprint density at radius 2 is 2.00 bits per heavy atom. The summed E-state index contributed by atoms with van der Waals surface area (Å²) in [6.07, 6.45) is 2.21. The van der Waals surface area contributed by atoms with Crippen LogP contribution in [0.1, 0.15) is 29.4 Å². The highest BCUT2D eigenvalue weighted by Gasteiger charge is 2.24. The molecular formula is C13H23N3O2S. The van der Waals surface area contributed by atoms with Gasteiger partial charge >= 0.3 is 0 Å². The van der Waals surface area contributed by atoms with Crippen molar-refractivity contribution >= 4 is 27.9 Å². The van der Waals surface area contributed by atoms with E-state index in [9.17, 15) is 4.79 Å². The normalized spacial score (nSPS) is 10.4. The molecule has 0 fully saturated rings. The molecule has 1 aromatic heterocycles. The van der Waals surface area contributed by atoms with Gasteiger partial charge in [-0.3, -0.25) is 4.79 Å². The molecule has 0 spiro atoms. The van der Waals surface area contributed by atoms with E-state index >= 15 is 0 Å². The van der Waals surface area contributed by atoms with Gasteiger partial charge in [0.1, 0.15) is 15.6 Å². The van der Waals surface area contributed by atoms with Gasteiger partial charge < -0.3 is 20.3 Å². The first-order valence-corrected chi connectivity index (χ1v) is 7.14. The maximum atomic E-state index is 12.1. The molecule has 6 heteroatoms. The van der Waals surface area contributed by atoms with Crippen molar-refractivity contribution in [3.63, 3.8) is 0 Å². The van der Waals surface area contributed by atoms with Gasteiger partial charge in [0.15, 0.2) is 5.75 Å². The monoisotopic (exact) mass is 285 g/mol. The van der Waals surface area contributed by atoms with E-state index in [0.717, 1.165) is 24.4 Å². The van der Waals surface area contributed by atoms with Crippen molar-refractivity contribution in [2.24, 2.45) is 0 Å². The van der Waals surface area contributed by atoms with Gasteiger partial charge in [-0.2, -0.15) is 0 Å². The largest absolute Gasteiger partial charge is 0.492 e. The van der Waals surface area contributed by atoms with Gasteiger partial charge in [-0.25, -0.2) is 0 Å². The lowest BCUT2D eigenvalue weighted by Gasteiger charge is -2.18. The van der Waals surface area contributed by atoms with Crippen molar-refractivity contribution in [1.82, 2.24) is 4.90 Å². The SMILES string of the molecule is CCCCN(C)c1sc(C(=O)N(C)C)c(N)c1OC. The highest BCUT2D eigenvalue weighted by Crippen LogP contribution is 2.44. The number of rotatable bonds is 6. The maximum Gasteiger partial charge on any atom is 0.265 e. The molecule has 1 amide bonds. The third kappa shape index (κ3) is 3.32. The molecule has 0 aliphatic carbocycles. The van der Waals surface area contributed by atoms with Gasteiger partial charge in [0.2, 0.25) is 0 Å². The summed E-state index contributed by atoms with van der Waals surface area (Å²) < 4.78 is 5.36. The molecule has 0 aliphatic rings. The maximum absolute atomic E-state index is 12.1. The molecule has 0 bridgehead atoms. The fourth-order valence-corrected chi connectivity index (χ4v) is 2.92. The molecule has 0 saturated carbocycles. The predicted molar refractivity (Wildman–Crippen MR) is 81.5 cm³/mol. The summed E-state index contributed by atoms with van der Waals surface area (Å²) in [5.41, 5.74) is 6.47. The van der Waals surface area contributed by atoms with Crippen LogP contribution < -0.4 is 15.4 Å². The van der Waals surface area contributed by atoms with Crippen molar-refractivity contribution in [3.8, 4) is 5.75 Å². The number of amides is 1. The number of unbranched alkanes of at least 4 members (excludes halogenated alkanes) is 1. The van der Waals surface area contributed by atoms with Crippen molar-refractivity contribution in [2.75, 3.05) is 45.4 Å². The quantitative estimate of drug-likeness (QED) is 0.871. The lowest BCUT2D eigenvalue weighted by molar-refractivity contribution is 0.0833. The number of carbonyl (C=O) groups excluding carboxylic acids is 1. The van der Waals surface area contributed by atoms with Crippen LogP contribution in [0.2, 0.25) is 0 Å². The molecule has 2 N–H and O–H groups in total. The molecule has 0 aliphatic heterocycles. The number of hydrogen-bond acceptors (Lipinski definition) is 5. The number of ether oxygens (including phenoxy) is 1. The Balaban J connectivity index is 3.12. The highest BCUT2D eigenvalue weighted by atomic mass is 32.1. The van der Waals surface area contributed by atoms with E-state index in [1.54, 1.807) is 21.2 Å². The van der Waals surface area contributed by atoms with E-state index in [2.05, 4.69) is 11.8 Å². The topological polar surface area (TPSA) is 58.8 Å². The fourth-order valence-electron chi connectivity index (χ4n) is 1.72. The van der Waals surface area contributed by atoms with Gasteiger partial charge in [-0.05, 0) is 6.42 Å². The second-order valence-electron chi connectivity index (χ2n) is 4.66. The minimum absolute atomic E-state index is 0.0871. The Hall–Kier alpha value is -1.43. The molecule has 108 valence electrons. The van der Waals surface area contributed by atoms with Crippen LogP contribution in [0.25, 0.3) is 0 Å². The summed E-state index contributed by atoms with van der Waals surface area (Å²) in [6.45, 7) is 3.07. The van der Waals surface area contributed by atoms with Crippen molar-refractivity contribution in [2.45, 2.75) is 19.8 Å². The van der Waals surface area contributed by atoms with Crippen LogP contribution in [0.4, 0.5) is 10.7 Å². The summed E-state index contributed by atoms with van der Waals surface area (Å²) in [5.74, 6) is 0.518. The number of nitrogens with zero attached hydrogens (tertiary/aromatic N) is 2. The summed E-state index contributed by atoms with van der Waals surface area (Å²) in [4.78, 5) is 16.2. The predicted octanol–water partition coefficient (Wildman–Crippen LogP) is 2.28. The Morgan fingerprint density at radius 1 is 1.37 bits per heavy atom. The molecule has 0 saturated heterocycles. The summed E-state index contributed by atoms with van der Waals surface area (Å²) >= 11 is 1.39. The van der Waals surface area contributed by atoms with Gasteiger partial charge in [-0.1, -0.05) is 13.3 Å². The van der Waals surface area contributed by atoms with Crippen molar-refractivity contribution < 1.29 is 9.53 Å². The van der Waals surface area contributed by atoms with Crippen molar-refractivity contribution in [3.05, 3.63) is 4.88 Å². The Bertz CT molecular complexity index is 443. The van der Waals surface area contributed by atoms with Crippen LogP contribution in [-0.2, 0) is 0 Å². The molecule has 1 heterocycles. The standard InChI is InChI=1S/C13H23N3O2S/c1-6-7-8-16(4)13-10(18-5)9(14)11(19-13)12(17)15(2)3/h6-8,14H2,1-5H3. The van der Waals surface area contributed by atoms with E-state index in [1.165, 1.54) is 16.2 Å². The molecule has 0 unspecified atom stereocenters. The minimum Gasteiger partial charge on any atom is -0.492 e. The second kappa shape index (κ2) is 6.65. The lowest BCUT2D eigenvalue weighted by atomic mass is 10.3. The Kier molecular flexibility index (Phi) is 5.47. The number of carbonyl (C=O) groups is 1. The zero-order chi connectivity index (χ0) is 14.6.